The normalized spacial score (nSPS) is 23.7. The van der Waals surface area contributed by atoms with Gasteiger partial charge in [0.2, 0.25) is 0 Å². The van der Waals surface area contributed by atoms with Crippen LogP contribution in [0, 0.1) is 24.1 Å². The lowest BCUT2D eigenvalue weighted by molar-refractivity contribution is -0.0314. The van der Waals surface area contributed by atoms with Gasteiger partial charge in [0.15, 0.2) is 0 Å². The number of anilines is 1. The molecule has 3 heterocycles. The summed E-state index contributed by atoms with van der Waals surface area (Å²) >= 11 is 0. The minimum absolute atomic E-state index is 0.153. The lowest BCUT2D eigenvalue weighted by Crippen LogP contribution is -2.70. The van der Waals surface area contributed by atoms with Crippen molar-refractivity contribution >= 4 is 11.7 Å². The zero-order valence-corrected chi connectivity index (χ0v) is 14.5. The largest absolute Gasteiger partial charge is 0.323 e. The highest BCUT2D eigenvalue weighted by molar-refractivity contribution is 5.92. The Kier molecular flexibility index (Phi) is 3.87. The molecule has 1 aromatic carbocycles. The zero-order chi connectivity index (χ0) is 18.3. The molecule has 5 nitrogen and oxygen atoms in total. The van der Waals surface area contributed by atoms with Gasteiger partial charge in [-0.1, -0.05) is 6.07 Å². The third-order valence-corrected chi connectivity index (χ3v) is 5.46. The molecule has 0 spiro atoms. The maximum absolute atomic E-state index is 13.5. The lowest BCUT2D eigenvalue weighted by atomic mass is 9.69. The number of urea groups is 1. The van der Waals surface area contributed by atoms with Crippen molar-refractivity contribution in [2.24, 2.45) is 0 Å². The number of aromatic nitrogens is 1. The Bertz CT molecular complexity index is 918. The van der Waals surface area contributed by atoms with Gasteiger partial charge in [-0.15, -0.1) is 0 Å². The number of aryl methyl sites for hydroxylation is 1. The highest BCUT2D eigenvalue weighted by Crippen LogP contribution is 2.47. The Morgan fingerprint density at radius 2 is 2.27 bits per heavy atom. The number of hydrogen-bond acceptors (Lipinski definition) is 3. The zero-order valence-electron chi connectivity index (χ0n) is 14.5. The van der Waals surface area contributed by atoms with Crippen molar-refractivity contribution in [1.29, 1.82) is 5.26 Å². The molecular weight excluding hydrogens is 331 g/mol. The Hall–Kier alpha value is -2.94. The minimum Gasteiger partial charge on any atom is -0.308 e. The summed E-state index contributed by atoms with van der Waals surface area (Å²) in [5.74, 6) is -0.402. The van der Waals surface area contributed by atoms with Gasteiger partial charge < -0.3 is 10.2 Å². The van der Waals surface area contributed by atoms with E-state index in [9.17, 15) is 14.4 Å². The Balaban J connectivity index is 1.59. The molecule has 1 N–H and O–H groups in total. The van der Waals surface area contributed by atoms with E-state index >= 15 is 0 Å². The number of hydrogen-bond donors (Lipinski definition) is 1. The monoisotopic (exact) mass is 350 g/mol. The molecular formula is C20H19FN4O. The number of carbonyl (C=O) groups excluding carboxylic acids is 1. The number of nitrogens with one attached hydrogen (secondary N) is 1. The fraction of sp³-hybridized carbons (Fsp3) is 0.350. The number of nitriles is 1. The maximum Gasteiger partial charge on any atom is 0.323 e. The Morgan fingerprint density at radius 3 is 3.00 bits per heavy atom. The molecule has 1 aromatic heterocycles. The van der Waals surface area contributed by atoms with Gasteiger partial charge in [-0.3, -0.25) is 4.98 Å². The van der Waals surface area contributed by atoms with Crippen LogP contribution < -0.4 is 5.32 Å². The summed E-state index contributed by atoms with van der Waals surface area (Å²) in [6, 6.07) is 9.18. The SMILES string of the molecule is Cc1ccc(NC(=O)N2[C@H]3CCC[C@]2(C#N)C3)cc1-c1cncc(F)c1. The first-order valence-corrected chi connectivity index (χ1v) is 8.75. The van der Waals surface area contributed by atoms with Crippen LogP contribution in [-0.4, -0.2) is 27.5 Å². The average molecular weight is 350 g/mol. The van der Waals surface area contributed by atoms with Crippen molar-refractivity contribution in [2.75, 3.05) is 5.32 Å². The van der Waals surface area contributed by atoms with E-state index in [0.29, 0.717) is 11.3 Å². The average Bonchev–Trinajstić information content (AvgIpc) is 2.63. The maximum atomic E-state index is 13.5. The minimum atomic E-state index is -0.646. The van der Waals surface area contributed by atoms with Crippen LogP contribution in [0.5, 0.6) is 0 Å². The van der Waals surface area contributed by atoms with Crippen LogP contribution in [0.25, 0.3) is 11.1 Å². The van der Waals surface area contributed by atoms with E-state index in [2.05, 4.69) is 16.4 Å². The summed E-state index contributed by atoms with van der Waals surface area (Å²) in [6.07, 6.45) is 6.21. The van der Waals surface area contributed by atoms with Crippen LogP contribution in [0.1, 0.15) is 31.2 Å². The van der Waals surface area contributed by atoms with Gasteiger partial charge in [0.25, 0.3) is 0 Å². The molecule has 26 heavy (non-hydrogen) atoms. The molecule has 2 saturated heterocycles. The van der Waals surface area contributed by atoms with Crippen LogP contribution in [0.3, 0.4) is 0 Å². The van der Waals surface area contributed by atoms with Crippen LogP contribution in [0.15, 0.2) is 36.7 Å². The predicted octanol–water partition coefficient (Wildman–Crippen LogP) is 4.25. The fourth-order valence-electron chi connectivity index (χ4n) is 4.17. The van der Waals surface area contributed by atoms with Gasteiger partial charge in [0, 0.05) is 29.9 Å². The Labute approximate surface area is 151 Å². The van der Waals surface area contributed by atoms with Gasteiger partial charge in [0.05, 0.1) is 12.3 Å². The molecule has 6 heteroatoms. The number of piperidine rings is 1. The summed E-state index contributed by atoms with van der Waals surface area (Å²) in [7, 11) is 0. The number of nitrogens with zero attached hydrogens (tertiary/aromatic N) is 3. The summed E-state index contributed by atoms with van der Waals surface area (Å²) < 4.78 is 13.5. The van der Waals surface area contributed by atoms with E-state index in [0.717, 1.165) is 43.0 Å². The van der Waals surface area contributed by atoms with E-state index in [-0.39, 0.29) is 12.1 Å². The number of carbonyl (C=O) groups is 1. The third kappa shape index (κ3) is 2.60. The van der Waals surface area contributed by atoms with E-state index in [1.165, 1.54) is 6.07 Å². The number of fused-ring (bicyclic) bond motifs is 2. The molecule has 2 aromatic rings. The fourth-order valence-corrected chi connectivity index (χ4v) is 4.17. The van der Waals surface area contributed by atoms with E-state index < -0.39 is 11.4 Å². The number of amides is 2. The molecule has 2 bridgehead atoms. The number of benzene rings is 1. The van der Waals surface area contributed by atoms with Gasteiger partial charge in [0.1, 0.15) is 11.4 Å². The van der Waals surface area contributed by atoms with Crippen molar-refractivity contribution in [1.82, 2.24) is 9.88 Å². The molecule has 2 amide bonds. The highest BCUT2D eigenvalue weighted by atomic mass is 19.1. The van der Waals surface area contributed by atoms with Gasteiger partial charge in [-0.2, -0.15) is 5.26 Å². The molecule has 0 unspecified atom stereocenters. The second kappa shape index (κ2) is 6.10. The number of halogens is 1. The van der Waals surface area contributed by atoms with Crippen LogP contribution in [0.2, 0.25) is 0 Å². The van der Waals surface area contributed by atoms with Crippen molar-refractivity contribution < 1.29 is 9.18 Å². The molecule has 0 aliphatic carbocycles. The molecule has 2 fully saturated rings. The first-order valence-electron chi connectivity index (χ1n) is 8.75. The molecule has 132 valence electrons. The van der Waals surface area contributed by atoms with Crippen LogP contribution in [-0.2, 0) is 0 Å². The highest BCUT2D eigenvalue weighted by Gasteiger charge is 2.57. The number of pyridine rings is 1. The molecule has 2 aliphatic heterocycles. The number of rotatable bonds is 2. The molecule has 4 rings (SSSR count). The summed E-state index contributed by atoms with van der Waals surface area (Å²) in [4.78, 5) is 18.3. The first-order chi connectivity index (χ1) is 12.5. The molecule has 2 atom stereocenters. The van der Waals surface area contributed by atoms with Gasteiger partial charge in [-0.25, -0.2) is 9.18 Å². The van der Waals surface area contributed by atoms with Gasteiger partial charge >= 0.3 is 6.03 Å². The molecule has 2 aliphatic rings. The summed E-state index contributed by atoms with van der Waals surface area (Å²) in [5, 5.41) is 12.4. The third-order valence-electron chi connectivity index (χ3n) is 5.46. The van der Waals surface area contributed by atoms with Crippen molar-refractivity contribution in [3.05, 3.63) is 48.0 Å². The molecule has 0 radical (unpaired) electrons. The molecule has 0 saturated carbocycles. The predicted molar refractivity (Wildman–Crippen MR) is 95.8 cm³/mol. The summed E-state index contributed by atoms with van der Waals surface area (Å²) in [6.45, 7) is 1.93. The van der Waals surface area contributed by atoms with Crippen molar-refractivity contribution in [3.63, 3.8) is 0 Å². The van der Waals surface area contributed by atoms with Crippen molar-refractivity contribution in [2.45, 2.75) is 44.2 Å². The second-order valence-corrected chi connectivity index (χ2v) is 7.12. The first kappa shape index (κ1) is 16.5. The topological polar surface area (TPSA) is 69.0 Å². The second-order valence-electron chi connectivity index (χ2n) is 7.12. The summed E-state index contributed by atoms with van der Waals surface area (Å²) in [5.41, 5.74) is 2.41. The van der Waals surface area contributed by atoms with E-state index in [4.69, 9.17) is 0 Å². The Morgan fingerprint density at radius 1 is 1.42 bits per heavy atom. The van der Waals surface area contributed by atoms with Crippen LogP contribution in [0.4, 0.5) is 14.9 Å². The van der Waals surface area contributed by atoms with E-state index in [1.807, 2.05) is 25.1 Å². The quantitative estimate of drug-likeness (QED) is 0.880. The smallest absolute Gasteiger partial charge is 0.308 e. The van der Waals surface area contributed by atoms with E-state index in [1.54, 1.807) is 11.1 Å². The lowest BCUT2D eigenvalue weighted by Gasteiger charge is -2.57. The standard InChI is InChI=1S/C20H19FN4O/c1-13-4-5-16(8-18(13)14-7-15(21)11-23-10-14)24-19(26)25-17-3-2-6-20(25,9-17)12-22/h4-5,7-8,10-11,17H,2-3,6,9H2,1H3,(H,24,26)/t17-,20+/m0/s1. The van der Waals surface area contributed by atoms with Crippen LogP contribution >= 0.6 is 0 Å². The van der Waals surface area contributed by atoms with Crippen molar-refractivity contribution in [3.8, 4) is 17.2 Å². The van der Waals surface area contributed by atoms with Gasteiger partial charge in [-0.05, 0) is 55.5 Å².